The zero-order valence-electron chi connectivity index (χ0n) is 24.4. The molecule has 1 saturated carbocycles. The summed E-state index contributed by atoms with van der Waals surface area (Å²) in [5.74, 6) is 1.69. The second kappa shape index (κ2) is 14.3. The standard InChI is InChI=1S/C37H47NO/c1-5-7-8-10-29-12-16-31(17-13-29)32-20-22-33(23-21-32)35-24-25-36(28(3)27-35)34-18-14-30(15-19-34)11-9-26-38(4)37(39)6-2/h6,14-15,18-25,27,29,31H,2,5,7-13,16-17,26H2,1,3-4H3. The van der Waals surface area contributed by atoms with E-state index in [-0.39, 0.29) is 5.91 Å². The van der Waals surface area contributed by atoms with Crippen LogP contribution in [0.4, 0.5) is 0 Å². The summed E-state index contributed by atoms with van der Waals surface area (Å²) >= 11 is 0. The molecule has 39 heavy (non-hydrogen) atoms. The lowest BCUT2D eigenvalue weighted by atomic mass is 9.77. The molecule has 4 rings (SSSR count). The second-order valence-electron chi connectivity index (χ2n) is 11.6. The largest absolute Gasteiger partial charge is 0.342 e. The van der Waals surface area contributed by atoms with Crippen molar-refractivity contribution in [1.82, 2.24) is 4.90 Å². The Bertz CT molecular complexity index is 1200. The maximum absolute atomic E-state index is 11.6. The van der Waals surface area contributed by atoms with Gasteiger partial charge in [-0.1, -0.05) is 106 Å². The summed E-state index contributed by atoms with van der Waals surface area (Å²) in [6.07, 6.45) is 14.4. The Morgan fingerprint density at radius 3 is 2.18 bits per heavy atom. The highest BCUT2D eigenvalue weighted by molar-refractivity contribution is 5.86. The second-order valence-corrected chi connectivity index (χ2v) is 11.6. The molecule has 0 unspecified atom stereocenters. The topological polar surface area (TPSA) is 20.3 Å². The molecule has 0 atom stereocenters. The number of hydrogen-bond acceptors (Lipinski definition) is 1. The molecular weight excluding hydrogens is 474 g/mol. The van der Waals surface area contributed by atoms with Gasteiger partial charge >= 0.3 is 0 Å². The van der Waals surface area contributed by atoms with Crippen molar-refractivity contribution >= 4 is 5.91 Å². The molecule has 2 nitrogen and oxygen atoms in total. The number of carbonyl (C=O) groups excluding carboxylic acids is 1. The zero-order valence-corrected chi connectivity index (χ0v) is 24.4. The molecular formula is C37H47NO. The molecule has 0 radical (unpaired) electrons. The van der Waals surface area contributed by atoms with E-state index in [1.807, 2.05) is 7.05 Å². The molecule has 0 saturated heterocycles. The SMILES string of the molecule is C=CC(=O)N(C)CCCc1ccc(-c2ccc(-c3ccc(C4CCC(CCCCC)CC4)cc3)cc2C)cc1. The van der Waals surface area contributed by atoms with E-state index in [1.54, 1.807) is 4.90 Å². The van der Waals surface area contributed by atoms with E-state index in [0.717, 1.165) is 31.2 Å². The van der Waals surface area contributed by atoms with E-state index in [2.05, 4.69) is 87.2 Å². The van der Waals surface area contributed by atoms with E-state index in [4.69, 9.17) is 0 Å². The lowest BCUT2D eigenvalue weighted by Gasteiger charge is -2.29. The van der Waals surface area contributed by atoms with Crippen molar-refractivity contribution in [3.05, 3.63) is 96.1 Å². The van der Waals surface area contributed by atoms with Crippen LogP contribution in [0.5, 0.6) is 0 Å². The highest BCUT2D eigenvalue weighted by Crippen LogP contribution is 2.38. The minimum atomic E-state index is -0.0179. The lowest BCUT2D eigenvalue weighted by Crippen LogP contribution is -2.25. The quantitative estimate of drug-likeness (QED) is 0.172. The van der Waals surface area contributed by atoms with Gasteiger partial charge in [-0.25, -0.2) is 0 Å². The monoisotopic (exact) mass is 521 g/mol. The van der Waals surface area contributed by atoms with Crippen LogP contribution in [0.2, 0.25) is 0 Å². The van der Waals surface area contributed by atoms with E-state index in [0.29, 0.717) is 0 Å². The molecule has 206 valence electrons. The Hall–Kier alpha value is -3.13. The van der Waals surface area contributed by atoms with Gasteiger partial charge < -0.3 is 4.90 Å². The smallest absolute Gasteiger partial charge is 0.245 e. The first-order valence-electron chi connectivity index (χ1n) is 15.2. The maximum atomic E-state index is 11.6. The molecule has 3 aromatic rings. The highest BCUT2D eigenvalue weighted by atomic mass is 16.2. The molecule has 1 aliphatic carbocycles. The Morgan fingerprint density at radius 2 is 1.54 bits per heavy atom. The highest BCUT2D eigenvalue weighted by Gasteiger charge is 2.22. The Kier molecular flexibility index (Phi) is 10.6. The number of aryl methyl sites for hydroxylation is 2. The van der Waals surface area contributed by atoms with E-state index in [1.165, 1.54) is 96.4 Å². The first-order valence-corrected chi connectivity index (χ1v) is 15.2. The van der Waals surface area contributed by atoms with Gasteiger partial charge in [-0.3, -0.25) is 4.79 Å². The third kappa shape index (κ3) is 7.94. The van der Waals surface area contributed by atoms with Crippen molar-refractivity contribution in [3.8, 4) is 22.3 Å². The number of benzene rings is 3. The molecule has 1 aliphatic rings. The predicted octanol–water partition coefficient (Wildman–Crippen LogP) is 9.76. The van der Waals surface area contributed by atoms with E-state index in [9.17, 15) is 4.79 Å². The van der Waals surface area contributed by atoms with E-state index >= 15 is 0 Å². The number of hydrogen-bond donors (Lipinski definition) is 0. The summed E-state index contributed by atoms with van der Waals surface area (Å²) in [5, 5.41) is 0. The first-order chi connectivity index (χ1) is 19.0. The number of rotatable bonds is 12. The molecule has 0 N–H and O–H groups in total. The van der Waals surface area contributed by atoms with Crippen LogP contribution in [0, 0.1) is 12.8 Å². The summed E-state index contributed by atoms with van der Waals surface area (Å²) in [6, 6.07) is 25.2. The Morgan fingerprint density at radius 1 is 0.872 bits per heavy atom. The van der Waals surface area contributed by atoms with Crippen LogP contribution >= 0.6 is 0 Å². The van der Waals surface area contributed by atoms with Crippen molar-refractivity contribution in [2.24, 2.45) is 5.92 Å². The average Bonchev–Trinajstić information content (AvgIpc) is 2.97. The average molecular weight is 522 g/mol. The van der Waals surface area contributed by atoms with Crippen LogP contribution in [0.15, 0.2) is 79.4 Å². The Labute approximate surface area is 237 Å². The first kappa shape index (κ1) is 28.9. The van der Waals surface area contributed by atoms with Crippen LogP contribution in [0.25, 0.3) is 22.3 Å². The van der Waals surface area contributed by atoms with Crippen LogP contribution in [0.1, 0.15) is 87.3 Å². The molecule has 0 spiro atoms. The lowest BCUT2D eigenvalue weighted by molar-refractivity contribution is -0.124. The van der Waals surface area contributed by atoms with Gasteiger partial charge in [-0.05, 0) is 102 Å². The van der Waals surface area contributed by atoms with Crippen molar-refractivity contribution in [1.29, 1.82) is 0 Å². The number of likely N-dealkylation sites (N-methyl/N-ethyl adjacent to an activating group) is 1. The van der Waals surface area contributed by atoms with Crippen molar-refractivity contribution in [3.63, 3.8) is 0 Å². The van der Waals surface area contributed by atoms with Crippen LogP contribution in [-0.4, -0.2) is 24.4 Å². The third-order valence-corrected chi connectivity index (χ3v) is 8.78. The third-order valence-electron chi connectivity index (χ3n) is 8.78. The fourth-order valence-electron chi connectivity index (χ4n) is 6.22. The maximum Gasteiger partial charge on any atom is 0.245 e. The van der Waals surface area contributed by atoms with Crippen LogP contribution in [0.3, 0.4) is 0 Å². The minimum Gasteiger partial charge on any atom is -0.342 e. The predicted molar refractivity (Wildman–Crippen MR) is 167 cm³/mol. The molecule has 0 aromatic heterocycles. The Balaban J connectivity index is 1.33. The van der Waals surface area contributed by atoms with Gasteiger partial charge in [0.25, 0.3) is 0 Å². The van der Waals surface area contributed by atoms with E-state index < -0.39 is 0 Å². The summed E-state index contributed by atoms with van der Waals surface area (Å²) in [7, 11) is 1.83. The fourth-order valence-corrected chi connectivity index (χ4v) is 6.22. The number of nitrogens with zero attached hydrogens (tertiary/aromatic N) is 1. The molecule has 3 aromatic carbocycles. The number of carbonyl (C=O) groups is 1. The molecule has 1 fully saturated rings. The van der Waals surface area contributed by atoms with Gasteiger partial charge in [0.15, 0.2) is 0 Å². The molecule has 0 bridgehead atoms. The summed E-state index contributed by atoms with van der Waals surface area (Å²) in [5.41, 5.74) is 9.26. The van der Waals surface area contributed by atoms with Crippen molar-refractivity contribution in [2.45, 2.75) is 84.0 Å². The molecule has 1 amide bonds. The van der Waals surface area contributed by atoms with Gasteiger partial charge in [0.2, 0.25) is 5.91 Å². The van der Waals surface area contributed by atoms with Crippen molar-refractivity contribution in [2.75, 3.05) is 13.6 Å². The minimum absolute atomic E-state index is 0.0179. The summed E-state index contributed by atoms with van der Waals surface area (Å²) in [4.78, 5) is 13.4. The van der Waals surface area contributed by atoms with Gasteiger partial charge in [-0.2, -0.15) is 0 Å². The molecule has 0 aliphatic heterocycles. The number of unbranched alkanes of at least 4 members (excludes halogenated alkanes) is 2. The van der Waals surface area contributed by atoms with Gasteiger partial charge in [0.1, 0.15) is 0 Å². The zero-order chi connectivity index (χ0) is 27.6. The fraction of sp³-hybridized carbons (Fsp3) is 0.432. The summed E-state index contributed by atoms with van der Waals surface area (Å²) < 4.78 is 0. The normalized spacial score (nSPS) is 17.1. The van der Waals surface area contributed by atoms with Gasteiger partial charge in [0.05, 0.1) is 0 Å². The number of amides is 1. The summed E-state index contributed by atoms with van der Waals surface area (Å²) in [6.45, 7) is 8.82. The van der Waals surface area contributed by atoms with Crippen LogP contribution < -0.4 is 0 Å². The van der Waals surface area contributed by atoms with Crippen LogP contribution in [-0.2, 0) is 11.2 Å². The molecule has 2 heteroatoms. The molecule has 0 heterocycles. The van der Waals surface area contributed by atoms with Crippen molar-refractivity contribution < 1.29 is 4.79 Å². The van der Waals surface area contributed by atoms with Gasteiger partial charge in [-0.15, -0.1) is 0 Å². The van der Waals surface area contributed by atoms with Gasteiger partial charge in [0, 0.05) is 13.6 Å².